The van der Waals surface area contributed by atoms with E-state index in [2.05, 4.69) is 29.8 Å². The van der Waals surface area contributed by atoms with Crippen molar-refractivity contribution in [2.45, 2.75) is 32.4 Å². The molecule has 0 saturated carbocycles. The Balaban J connectivity index is 2.24. The predicted octanol–water partition coefficient (Wildman–Crippen LogP) is 2.00. The van der Waals surface area contributed by atoms with E-state index in [1.165, 1.54) is 0 Å². The molecular weight excluding hydrogens is 282 g/mol. The van der Waals surface area contributed by atoms with Gasteiger partial charge >= 0.3 is 0 Å². The lowest BCUT2D eigenvalue weighted by Gasteiger charge is -2.18. The standard InChI is InChI=1S/C12H18BrN3O/c1-8(2)16-6-9(13)5-11(16)12(17)15-4-3-10(14)7-15/h5-6,8,10H,3-4,7,14H2,1-2H3/t10-/m1/s1. The summed E-state index contributed by atoms with van der Waals surface area (Å²) < 4.78 is 2.94. The fraction of sp³-hybridized carbons (Fsp3) is 0.583. The van der Waals surface area contributed by atoms with Crippen molar-refractivity contribution >= 4 is 21.8 Å². The van der Waals surface area contributed by atoms with Crippen LogP contribution >= 0.6 is 15.9 Å². The molecule has 1 amide bonds. The molecule has 0 aromatic carbocycles. The van der Waals surface area contributed by atoms with Crippen molar-refractivity contribution in [3.05, 3.63) is 22.4 Å². The summed E-state index contributed by atoms with van der Waals surface area (Å²) in [6.45, 7) is 5.57. The highest BCUT2D eigenvalue weighted by molar-refractivity contribution is 9.10. The first-order valence-electron chi connectivity index (χ1n) is 5.91. The van der Waals surface area contributed by atoms with Gasteiger partial charge in [0.2, 0.25) is 0 Å². The minimum Gasteiger partial charge on any atom is -0.340 e. The van der Waals surface area contributed by atoms with E-state index in [9.17, 15) is 4.79 Å². The maximum Gasteiger partial charge on any atom is 0.270 e. The lowest BCUT2D eigenvalue weighted by molar-refractivity contribution is 0.0778. The largest absolute Gasteiger partial charge is 0.340 e. The van der Waals surface area contributed by atoms with E-state index in [1.807, 2.05) is 21.7 Å². The van der Waals surface area contributed by atoms with Crippen molar-refractivity contribution in [2.24, 2.45) is 5.73 Å². The van der Waals surface area contributed by atoms with Crippen LogP contribution in [0.1, 0.15) is 36.8 Å². The van der Waals surface area contributed by atoms with Crippen LogP contribution in [0.3, 0.4) is 0 Å². The van der Waals surface area contributed by atoms with Gasteiger partial charge in [-0.05, 0) is 42.3 Å². The molecule has 2 rings (SSSR count). The number of aromatic nitrogens is 1. The molecule has 2 heterocycles. The molecule has 0 unspecified atom stereocenters. The Kier molecular flexibility index (Phi) is 3.58. The number of amides is 1. The molecule has 1 aromatic heterocycles. The van der Waals surface area contributed by atoms with Crippen molar-refractivity contribution in [3.8, 4) is 0 Å². The van der Waals surface area contributed by atoms with Gasteiger partial charge in [-0.25, -0.2) is 0 Å². The van der Waals surface area contributed by atoms with Gasteiger partial charge in [0.25, 0.3) is 5.91 Å². The lowest BCUT2D eigenvalue weighted by Crippen LogP contribution is -2.33. The molecular formula is C12H18BrN3O. The summed E-state index contributed by atoms with van der Waals surface area (Å²) in [7, 11) is 0. The minimum atomic E-state index is 0.0809. The molecule has 1 aliphatic rings. The molecule has 1 aliphatic heterocycles. The molecule has 1 atom stereocenters. The van der Waals surface area contributed by atoms with Crippen LogP contribution in [0.25, 0.3) is 0 Å². The van der Waals surface area contributed by atoms with E-state index in [0.29, 0.717) is 6.54 Å². The highest BCUT2D eigenvalue weighted by Crippen LogP contribution is 2.22. The summed E-state index contributed by atoms with van der Waals surface area (Å²) in [5.41, 5.74) is 6.57. The molecule has 0 bridgehead atoms. The van der Waals surface area contributed by atoms with Gasteiger partial charge < -0.3 is 15.2 Å². The number of halogens is 1. The summed E-state index contributed by atoms with van der Waals surface area (Å²) in [6.07, 6.45) is 2.85. The summed E-state index contributed by atoms with van der Waals surface area (Å²) in [5, 5.41) is 0. The summed E-state index contributed by atoms with van der Waals surface area (Å²) in [4.78, 5) is 14.2. The summed E-state index contributed by atoms with van der Waals surface area (Å²) in [5.74, 6) is 0.0809. The van der Waals surface area contributed by atoms with E-state index in [0.717, 1.165) is 23.1 Å². The number of nitrogens with zero attached hydrogens (tertiary/aromatic N) is 2. The normalized spacial score (nSPS) is 20.3. The molecule has 0 spiro atoms. The predicted molar refractivity (Wildman–Crippen MR) is 71.0 cm³/mol. The minimum absolute atomic E-state index is 0.0809. The topological polar surface area (TPSA) is 51.3 Å². The zero-order valence-corrected chi connectivity index (χ0v) is 11.8. The van der Waals surface area contributed by atoms with Crippen LogP contribution < -0.4 is 5.73 Å². The Bertz CT molecular complexity index is 427. The van der Waals surface area contributed by atoms with E-state index in [-0.39, 0.29) is 18.0 Å². The third kappa shape index (κ3) is 2.55. The monoisotopic (exact) mass is 299 g/mol. The average Bonchev–Trinajstić information content (AvgIpc) is 2.83. The van der Waals surface area contributed by atoms with Gasteiger partial charge in [0.15, 0.2) is 0 Å². The van der Waals surface area contributed by atoms with E-state index >= 15 is 0 Å². The maximum atomic E-state index is 12.4. The quantitative estimate of drug-likeness (QED) is 0.908. The van der Waals surface area contributed by atoms with Gasteiger partial charge in [-0.15, -0.1) is 0 Å². The third-order valence-electron chi connectivity index (χ3n) is 3.10. The van der Waals surface area contributed by atoms with Crippen LogP contribution in [-0.2, 0) is 0 Å². The number of carbonyl (C=O) groups excluding carboxylic acids is 1. The molecule has 2 N–H and O–H groups in total. The van der Waals surface area contributed by atoms with Crippen LogP contribution in [0, 0.1) is 0 Å². The van der Waals surface area contributed by atoms with Gasteiger partial charge in [0.05, 0.1) is 0 Å². The van der Waals surface area contributed by atoms with Crippen LogP contribution in [-0.4, -0.2) is 34.5 Å². The Morgan fingerprint density at radius 2 is 2.29 bits per heavy atom. The van der Waals surface area contributed by atoms with Crippen LogP contribution in [0.2, 0.25) is 0 Å². The van der Waals surface area contributed by atoms with Crippen molar-refractivity contribution in [2.75, 3.05) is 13.1 Å². The first kappa shape index (κ1) is 12.6. The average molecular weight is 300 g/mol. The highest BCUT2D eigenvalue weighted by Gasteiger charge is 2.27. The maximum absolute atomic E-state index is 12.4. The van der Waals surface area contributed by atoms with E-state index in [1.54, 1.807) is 0 Å². The molecule has 17 heavy (non-hydrogen) atoms. The number of carbonyl (C=O) groups is 1. The Morgan fingerprint density at radius 1 is 1.59 bits per heavy atom. The van der Waals surface area contributed by atoms with Crippen LogP contribution in [0.5, 0.6) is 0 Å². The number of likely N-dealkylation sites (tertiary alicyclic amines) is 1. The zero-order chi connectivity index (χ0) is 12.6. The molecule has 5 heteroatoms. The highest BCUT2D eigenvalue weighted by atomic mass is 79.9. The van der Waals surface area contributed by atoms with Gasteiger partial charge in [0.1, 0.15) is 5.69 Å². The van der Waals surface area contributed by atoms with Crippen molar-refractivity contribution in [3.63, 3.8) is 0 Å². The molecule has 0 radical (unpaired) electrons. The first-order chi connectivity index (χ1) is 7.99. The van der Waals surface area contributed by atoms with Gasteiger partial charge in [0, 0.05) is 35.8 Å². The molecule has 1 saturated heterocycles. The van der Waals surface area contributed by atoms with E-state index < -0.39 is 0 Å². The fourth-order valence-corrected chi connectivity index (χ4v) is 2.62. The SMILES string of the molecule is CC(C)n1cc(Br)cc1C(=O)N1CC[C@@H](N)C1. The first-order valence-corrected chi connectivity index (χ1v) is 6.70. The number of nitrogens with two attached hydrogens (primary N) is 1. The summed E-state index contributed by atoms with van der Waals surface area (Å²) in [6, 6.07) is 2.29. The fourth-order valence-electron chi connectivity index (χ4n) is 2.18. The van der Waals surface area contributed by atoms with Crippen molar-refractivity contribution < 1.29 is 4.79 Å². The van der Waals surface area contributed by atoms with Crippen LogP contribution in [0.15, 0.2) is 16.7 Å². The second-order valence-electron chi connectivity index (χ2n) is 4.84. The molecule has 4 nitrogen and oxygen atoms in total. The van der Waals surface area contributed by atoms with Gasteiger partial charge in [-0.2, -0.15) is 0 Å². The second kappa shape index (κ2) is 4.82. The number of hydrogen-bond donors (Lipinski definition) is 1. The molecule has 1 fully saturated rings. The molecule has 94 valence electrons. The Hall–Kier alpha value is -0.810. The summed E-state index contributed by atoms with van der Waals surface area (Å²) >= 11 is 3.42. The number of hydrogen-bond acceptors (Lipinski definition) is 2. The second-order valence-corrected chi connectivity index (χ2v) is 5.76. The van der Waals surface area contributed by atoms with Gasteiger partial charge in [-0.1, -0.05) is 0 Å². The zero-order valence-electron chi connectivity index (χ0n) is 10.2. The Morgan fingerprint density at radius 3 is 2.82 bits per heavy atom. The molecule has 1 aromatic rings. The Labute approximate surface area is 110 Å². The lowest BCUT2D eigenvalue weighted by atomic mass is 10.3. The van der Waals surface area contributed by atoms with E-state index in [4.69, 9.17) is 5.73 Å². The smallest absolute Gasteiger partial charge is 0.270 e. The number of rotatable bonds is 2. The van der Waals surface area contributed by atoms with Crippen molar-refractivity contribution in [1.82, 2.24) is 9.47 Å². The third-order valence-corrected chi connectivity index (χ3v) is 3.54. The van der Waals surface area contributed by atoms with Crippen molar-refractivity contribution in [1.29, 1.82) is 0 Å². The van der Waals surface area contributed by atoms with Crippen LogP contribution in [0.4, 0.5) is 0 Å². The van der Waals surface area contributed by atoms with Gasteiger partial charge in [-0.3, -0.25) is 4.79 Å². The molecule has 0 aliphatic carbocycles.